The van der Waals surface area contributed by atoms with Crippen LogP contribution in [0.5, 0.6) is 5.75 Å². The summed E-state index contributed by atoms with van der Waals surface area (Å²) in [5.41, 5.74) is -8.33. The van der Waals surface area contributed by atoms with Crippen LogP contribution >= 0.6 is 0 Å². The van der Waals surface area contributed by atoms with Gasteiger partial charge in [-0.25, -0.2) is 15.0 Å². The number of aromatic nitrogens is 5. The van der Waals surface area contributed by atoms with E-state index in [-0.39, 0.29) is 17.8 Å². The first kappa shape index (κ1) is 24.9. The fourth-order valence-corrected chi connectivity index (χ4v) is 3.00. The number of hydrogen-bond acceptors (Lipinski definition) is 8. The van der Waals surface area contributed by atoms with E-state index in [2.05, 4.69) is 29.6 Å². The molecule has 2 heterocycles. The van der Waals surface area contributed by atoms with Gasteiger partial charge in [0, 0.05) is 18.0 Å². The fraction of sp³-hybridized carbons (Fsp3) is 0.235. The molecule has 182 valence electrons. The van der Waals surface area contributed by atoms with Crippen molar-refractivity contribution in [2.24, 2.45) is 0 Å². The Kier molecular flexibility index (Phi) is 6.50. The second kappa shape index (κ2) is 8.88. The molecule has 34 heavy (non-hydrogen) atoms. The van der Waals surface area contributed by atoms with E-state index in [4.69, 9.17) is 0 Å². The smallest absolute Gasteiger partial charge is 0.376 e. The van der Waals surface area contributed by atoms with E-state index in [1.54, 1.807) is 0 Å². The summed E-state index contributed by atoms with van der Waals surface area (Å²) in [5, 5.41) is 6.19. The van der Waals surface area contributed by atoms with Gasteiger partial charge in [0.1, 0.15) is 12.1 Å². The molecule has 0 fully saturated rings. The monoisotopic (exact) mass is 510 g/mol. The molecule has 0 aliphatic carbocycles. The molecule has 0 saturated carbocycles. The number of amides is 1. The van der Waals surface area contributed by atoms with E-state index in [0.717, 1.165) is 11.0 Å². The SMILES string of the molecule is CC(NC(=O)c1cc(OS(=O)(=O)C(F)(F)F)cc(C(F)(F)F)c1)c1ncnn1-c1ncccn1. The standard InChI is InChI=1S/C17H12F6N6O4S/c1-9(13-26-8-27-29(13)15-24-3-2-4-25-15)28-14(30)10-5-11(16(18,19)20)7-12(6-10)33-34(31,32)17(21,22)23/h2-9H,1H3,(H,28,30). The van der Waals surface area contributed by atoms with E-state index in [9.17, 15) is 39.6 Å². The van der Waals surface area contributed by atoms with Gasteiger partial charge in [-0.2, -0.15) is 44.5 Å². The van der Waals surface area contributed by atoms with Gasteiger partial charge in [0.2, 0.25) is 0 Å². The summed E-state index contributed by atoms with van der Waals surface area (Å²) in [6.07, 6.45) is -1.23. The van der Waals surface area contributed by atoms with Gasteiger partial charge in [0.05, 0.1) is 11.6 Å². The maximum absolute atomic E-state index is 13.2. The van der Waals surface area contributed by atoms with Crippen LogP contribution in [0.2, 0.25) is 0 Å². The molecule has 10 nitrogen and oxygen atoms in total. The lowest BCUT2D eigenvalue weighted by atomic mass is 10.1. The average Bonchev–Trinajstić information content (AvgIpc) is 3.22. The number of carbonyl (C=O) groups is 1. The lowest BCUT2D eigenvalue weighted by molar-refractivity contribution is -0.137. The zero-order chi connectivity index (χ0) is 25.3. The maximum Gasteiger partial charge on any atom is 0.534 e. The van der Waals surface area contributed by atoms with E-state index >= 15 is 0 Å². The Labute approximate surface area is 186 Å². The van der Waals surface area contributed by atoms with Gasteiger partial charge in [-0.05, 0) is 31.2 Å². The van der Waals surface area contributed by atoms with E-state index in [0.29, 0.717) is 12.1 Å². The molecular formula is C17H12F6N6O4S. The predicted octanol–water partition coefficient (Wildman–Crippen LogP) is 2.80. The quantitative estimate of drug-likeness (QED) is 0.305. The van der Waals surface area contributed by atoms with Gasteiger partial charge in [-0.15, -0.1) is 0 Å². The Morgan fingerprint density at radius 3 is 2.29 bits per heavy atom. The maximum atomic E-state index is 13.2. The van der Waals surface area contributed by atoms with Crippen LogP contribution in [0.15, 0.2) is 43.0 Å². The molecule has 3 aromatic rings. The van der Waals surface area contributed by atoms with Gasteiger partial charge in [0.25, 0.3) is 11.9 Å². The Bertz CT molecular complexity index is 1290. The van der Waals surface area contributed by atoms with Gasteiger partial charge in [0.15, 0.2) is 5.82 Å². The van der Waals surface area contributed by atoms with Crippen molar-refractivity contribution in [1.29, 1.82) is 0 Å². The summed E-state index contributed by atoms with van der Waals surface area (Å²) in [6, 6.07) is 1.28. The minimum absolute atomic E-state index is 0.0207. The zero-order valence-corrected chi connectivity index (χ0v) is 17.5. The third-order valence-electron chi connectivity index (χ3n) is 4.04. The summed E-state index contributed by atoms with van der Waals surface area (Å²) in [7, 11) is -6.28. The van der Waals surface area contributed by atoms with Crippen LogP contribution in [0.1, 0.15) is 34.7 Å². The van der Waals surface area contributed by atoms with Crippen LogP contribution in [0.4, 0.5) is 26.3 Å². The number of rotatable bonds is 6. The summed E-state index contributed by atoms with van der Waals surface area (Å²) >= 11 is 0. The third-order valence-corrected chi connectivity index (χ3v) is 5.01. The molecule has 0 bridgehead atoms. The highest BCUT2D eigenvalue weighted by Crippen LogP contribution is 2.35. The molecule has 1 atom stereocenters. The number of hydrogen-bond donors (Lipinski definition) is 1. The fourth-order valence-electron chi connectivity index (χ4n) is 2.56. The first-order valence-corrected chi connectivity index (χ1v) is 10.3. The van der Waals surface area contributed by atoms with E-state index < -0.39 is 50.6 Å². The first-order valence-electron chi connectivity index (χ1n) is 8.90. The van der Waals surface area contributed by atoms with Crippen LogP contribution < -0.4 is 9.50 Å². The molecule has 3 rings (SSSR count). The highest BCUT2D eigenvalue weighted by Gasteiger charge is 2.49. The average molecular weight is 510 g/mol. The third kappa shape index (κ3) is 5.41. The van der Waals surface area contributed by atoms with Crippen molar-refractivity contribution in [2.75, 3.05) is 0 Å². The number of benzene rings is 1. The summed E-state index contributed by atoms with van der Waals surface area (Å²) in [6.45, 7) is 1.39. The van der Waals surface area contributed by atoms with Crippen LogP contribution in [-0.2, 0) is 16.3 Å². The number of alkyl halides is 6. The molecule has 0 spiro atoms. The Hall–Kier alpha value is -3.76. The predicted molar refractivity (Wildman–Crippen MR) is 99.9 cm³/mol. The molecule has 1 aromatic carbocycles. The minimum Gasteiger partial charge on any atom is -0.376 e. The number of nitrogens with one attached hydrogen (secondary N) is 1. The van der Waals surface area contributed by atoms with Gasteiger partial charge < -0.3 is 9.50 Å². The van der Waals surface area contributed by atoms with E-state index in [1.165, 1.54) is 25.4 Å². The molecule has 2 aromatic heterocycles. The largest absolute Gasteiger partial charge is 0.534 e. The molecule has 0 radical (unpaired) electrons. The number of carbonyl (C=O) groups excluding carboxylic acids is 1. The van der Waals surface area contributed by atoms with Crippen molar-refractivity contribution in [3.05, 3.63) is 59.9 Å². The highest BCUT2D eigenvalue weighted by atomic mass is 32.2. The first-order chi connectivity index (χ1) is 15.7. The van der Waals surface area contributed by atoms with Gasteiger partial charge >= 0.3 is 21.8 Å². The van der Waals surface area contributed by atoms with Crippen LogP contribution in [0, 0.1) is 0 Å². The Morgan fingerprint density at radius 1 is 1.06 bits per heavy atom. The summed E-state index contributed by atoms with van der Waals surface area (Å²) in [5.74, 6) is -2.41. The van der Waals surface area contributed by atoms with Crippen molar-refractivity contribution in [2.45, 2.75) is 24.7 Å². The zero-order valence-electron chi connectivity index (χ0n) is 16.7. The molecule has 0 aliphatic heterocycles. The van der Waals surface area contributed by atoms with Crippen molar-refractivity contribution in [3.63, 3.8) is 0 Å². The highest BCUT2D eigenvalue weighted by molar-refractivity contribution is 7.88. The van der Waals surface area contributed by atoms with Crippen molar-refractivity contribution in [1.82, 2.24) is 30.0 Å². The molecule has 17 heteroatoms. The lowest BCUT2D eigenvalue weighted by Crippen LogP contribution is -2.30. The normalized spacial score (nSPS) is 13.4. The lowest BCUT2D eigenvalue weighted by Gasteiger charge is -2.16. The number of halogens is 6. The molecule has 0 aliphatic rings. The Balaban J connectivity index is 1.92. The number of nitrogens with zero attached hydrogens (tertiary/aromatic N) is 5. The van der Waals surface area contributed by atoms with Crippen LogP contribution in [0.25, 0.3) is 5.95 Å². The van der Waals surface area contributed by atoms with Crippen molar-refractivity contribution in [3.8, 4) is 11.7 Å². The second-order valence-electron chi connectivity index (χ2n) is 6.50. The topological polar surface area (TPSA) is 129 Å². The Morgan fingerprint density at radius 2 is 1.71 bits per heavy atom. The molecule has 1 N–H and O–H groups in total. The molecule has 1 unspecified atom stereocenters. The minimum atomic E-state index is -6.28. The van der Waals surface area contributed by atoms with Crippen LogP contribution in [-0.4, -0.2) is 44.6 Å². The summed E-state index contributed by atoms with van der Waals surface area (Å²) in [4.78, 5) is 24.4. The molecule has 0 saturated heterocycles. The van der Waals surface area contributed by atoms with Crippen LogP contribution in [0.3, 0.4) is 0 Å². The second-order valence-corrected chi connectivity index (χ2v) is 8.04. The summed E-state index contributed by atoms with van der Waals surface area (Å²) < 4.78 is 105. The molecular weight excluding hydrogens is 498 g/mol. The van der Waals surface area contributed by atoms with E-state index in [1.807, 2.05) is 0 Å². The van der Waals surface area contributed by atoms with Crippen molar-refractivity contribution < 1.29 is 43.7 Å². The van der Waals surface area contributed by atoms with Gasteiger partial charge in [-0.3, -0.25) is 4.79 Å². The van der Waals surface area contributed by atoms with Crippen molar-refractivity contribution >= 4 is 16.0 Å². The van der Waals surface area contributed by atoms with Gasteiger partial charge in [-0.1, -0.05) is 0 Å². The molecule has 1 amide bonds.